The molecule has 2 unspecified atom stereocenters. The zero-order valence-corrected chi connectivity index (χ0v) is 45.6. The van der Waals surface area contributed by atoms with E-state index >= 15 is 0 Å². The highest BCUT2D eigenvalue weighted by Gasteiger charge is 2.58. The zero-order chi connectivity index (χ0) is 50.0. The molecule has 2 aliphatic carbocycles. The van der Waals surface area contributed by atoms with Gasteiger partial charge in [-0.2, -0.15) is 0 Å². The van der Waals surface area contributed by atoms with Crippen LogP contribution < -0.4 is 21.1 Å². The van der Waals surface area contributed by atoms with Crippen molar-refractivity contribution in [2.75, 3.05) is 10.2 Å². The van der Waals surface area contributed by atoms with E-state index in [1.165, 1.54) is 180 Å². The second-order valence-corrected chi connectivity index (χ2v) is 25.6. The van der Waals surface area contributed by atoms with Crippen LogP contribution in [0.5, 0.6) is 0 Å². The first-order valence-corrected chi connectivity index (χ1v) is 29.0. The average Bonchev–Trinajstić information content (AvgIpc) is 4.00. The van der Waals surface area contributed by atoms with Crippen molar-refractivity contribution < 1.29 is 0 Å². The molecular formula is C68H73BN3S. The van der Waals surface area contributed by atoms with Crippen LogP contribution in [0.1, 0.15) is 160 Å². The van der Waals surface area contributed by atoms with Crippen molar-refractivity contribution in [1.29, 1.82) is 0 Å². The molecule has 2 aromatic heterocycles. The van der Waals surface area contributed by atoms with Crippen LogP contribution in [-0.2, 0) is 29.1 Å². The SMILES string of the molecule is CCCCCc1ccc(Nc2cc3c(cc2-c2cc(N4c5ccccc5C5(C)CCCCC45C)c4c5ccccc5n5c4c2[B]c2cc(CCCCC)ccc2-5)sc2cc4c(cc23)C(C)(C)CCC4(C)C)cc1. The predicted molar refractivity (Wildman–Crippen MR) is 318 cm³/mol. The number of hydrogen-bond acceptors (Lipinski definition) is 3. The Balaban J connectivity index is 1.11. The van der Waals surface area contributed by atoms with E-state index in [-0.39, 0.29) is 21.8 Å². The molecule has 2 atom stereocenters. The molecule has 0 bridgehead atoms. The molecule has 3 nitrogen and oxygen atoms in total. The number of anilines is 4. The molecule has 0 amide bonds. The van der Waals surface area contributed by atoms with E-state index in [2.05, 4.69) is 199 Å². The number of benzene rings is 7. The summed E-state index contributed by atoms with van der Waals surface area (Å²) >= 11 is 1.99. The summed E-state index contributed by atoms with van der Waals surface area (Å²) in [6.45, 7) is 19.6. The molecule has 4 aliphatic rings. The molecule has 369 valence electrons. The average molecular weight is 975 g/mol. The Morgan fingerprint density at radius 2 is 1.23 bits per heavy atom. The second-order valence-electron chi connectivity index (χ2n) is 24.5. The summed E-state index contributed by atoms with van der Waals surface area (Å²) in [5, 5.41) is 9.57. The number of para-hydroxylation sites is 2. The molecule has 73 heavy (non-hydrogen) atoms. The van der Waals surface area contributed by atoms with Gasteiger partial charge in [-0.3, -0.25) is 0 Å². The number of rotatable bonds is 12. The highest BCUT2D eigenvalue weighted by molar-refractivity contribution is 7.25. The van der Waals surface area contributed by atoms with Crippen molar-refractivity contribution in [2.45, 2.75) is 167 Å². The van der Waals surface area contributed by atoms with E-state index in [0.717, 1.165) is 30.6 Å². The lowest BCUT2D eigenvalue weighted by Gasteiger charge is -2.50. The van der Waals surface area contributed by atoms with Gasteiger partial charge in [-0.1, -0.05) is 153 Å². The van der Waals surface area contributed by atoms with E-state index < -0.39 is 0 Å². The smallest absolute Gasteiger partial charge is 0.197 e. The van der Waals surface area contributed by atoms with E-state index in [9.17, 15) is 0 Å². The molecule has 1 fully saturated rings. The lowest BCUT2D eigenvalue weighted by Crippen LogP contribution is -2.54. The van der Waals surface area contributed by atoms with Crippen LogP contribution in [0.15, 0.2) is 121 Å². The maximum absolute atomic E-state index is 4.15. The lowest BCUT2D eigenvalue weighted by molar-refractivity contribution is 0.195. The second kappa shape index (κ2) is 17.4. The van der Waals surface area contributed by atoms with Crippen LogP contribution in [0, 0.1) is 0 Å². The molecule has 5 heteroatoms. The van der Waals surface area contributed by atoms with Crippen molar-refractivity contribution in [3.05, 3.63) is 149 Å². The van der Waals surface area contributed by atoms with Gasteiger partial charge in [0.25, 0.3) is 0 Å². The van der Waals surface area contributed by atoms with E-state index in [1.807, 2.05) is 11.3 Å². The zero-order valence-electron chi connectivity index (χ0n) is 44.8. The van der Waals surface area contributed by atoms with Gasteiger partial charge in [0.1, 0.15) is 0 Å². The summed E-state index contributed by atoms with van der Waals surface area (Å²) in [6, 6.07) is 48.4. The molecule has 0 spiro atoms. The summed E-state index contributed by atoms with van der Waals surface area (Å²) in [7, 11) is 2.57. The van der Waals surface area contributed by atoms with Gasteiger partial charge in [-0.05, 0) is 169 Å². The summed E-state index contributed by atoms with van der Waals surface area (Å²) < 4.78 is 5.40. The third kappa shape index (κ3) is 7.24. The van der Waals surface area contributed by atoms with Gasteiger partial charge in [0.15, 0.2) is 7.28 Å². The number of nitrogens with one attached hydrogen (secondary N) is 1. The molecule has 4 heterocycles. The van der Waals surface area contributed by atoms with Crippen molar-refractivity contribution in [3.63, 3.8) is 0 Å². The van der Waals surface area contributed by atoms with Crippen molar-refractivity contribution in [3.8, 4) is 16.8 Å². The molecule has 1 N–H and O–H groups in total. The third-order valence-electron chi connectivity index (χ3n) is 19.1. The first kappa shape index (κ1) is 47.0. The number of unbranched alkanes of at least 4 members (excludes halogenated alkanes) is 4. The van der Waals surface area contributed by atoms with Gasteiger partial charge in [0.05, 0.1) is 22.3 Å². The highest BCUT2D eigenvalue weighted by Crippen LogP contribution is 2.62. The Morgan fingerprint density at radius 3 is 2.01 bits per heavy atom. The molecular weight excluding hydrogens is 902 g/mol. The van der Waals surface area contributed by atoms with Crippen LogP contribution in [-0.4, -0.2) is 17.4 Å². The van der Waals surface area contributed by atoms with Crippen LogP contribution in [0.2, 0.25) is 0 Å². The molecule has 0 saturated heterocycles. The largest absolute Gasteiger partial charge is 0.355 e. The van der Waals surface area contributed by atoms with Crippen LogP contribution in [0.3, 0.4) is 0 Å². The predicted octanol–water partition coefficient (Wildman–Crippen LogP) is 18.1. The van der Waals surface area contributed by atoms with Crippen molar-refractivity contribution >= 4 is 94.3 Å². The van der Waals surface area contributed by atoms with Gasteiger partial charge in [-0.15, -0.1) is 11.3 Å². The van der Waals surface area contributed by atoms with Gasteiger partial charge in [0.2, 0.25) is 0 Å². The minimum absolute atomic E-state index is 0.0169. The molecule has 13 rings (SSSR count). The summed E-state index contributed by atoms with van der Waals surface area (Å²) in [5.41, 5.74) is 21.6. The number of fused-ring (bicyclic) bond motifs is 12. The minimum atomic E-state index is -0.112. The maximum Gasteiger partial charge on any atom is 0.197 e. The quantitative estimate of drug-likeness (QED) is 0.0972. The van der Waals surface area contributed by atoms with Crippen LogP contribution in [0.25, 0.3) is 58.8 Å². The molecule has 7 aromatic carbocycles. The maximum atomic E-state index is 4.15. The fraction of sp³-hybridized carbons (Fsp3) is 0.382. The molecule has 1 saturated carbocycles. The standard InChI is InChI=1S/C68H73BN3S/c1-9-11-13-21-43-27-30-45(31-28-43)70-55-39-49-48-38-52-53(66(5,6)36-35-65(52,3)4)42-61(48)73-60(49)41-47(55)50-40-59(72-57-26-18-16-24-51(57)67(7)33-19-20-34-68(67,72)8)62-46-23-15-17-25-56(46)71-58-32-29-44(22-14-12-10-2)37-54(58)69-63(50)64(62)71/h15-18,23-32,37-42,70H,9-14,19-22,33-36H2,1-8H3. The molecule has 1 radical (unpaired) electrons. The Bertz CT molecular complexity index is 3660. The Morgan fingerprint density at radius 1 is 0.562 bits per heavy atom. The monoisotopic (exact) mass is 975 g/mol. The minimum Gasteiger partial charge on any atom is -0.355 e. The van der Waals surface area contributed by atoms with Crippen LogP contribution >= 0.6 is 11.3 Å². The fourth-order valence-electron chi connectivity index (χ4n) is 14.5. The van der Waals surface area contributed by atoms with Gasteiger partial charge >= 0.3 is 0 Å². The number of hydrogen-bond donors (Lipinski definition) is 1. The van der Waals surface area contributed by atoms with Gasteiger partial charge in [0, 0.05) is 64.7 Å². The Kier molecular flexibility index (Phi) is 11.2. The Hall–Kier alpha value is -5.78. The lowest BCUT2D eigenvalue weighted by atomic mass is 9.58. The van der Waals surface area contributed by atoms with Crippen molar-refractivity contribution in [2.24, 2.45) is 0 Å². The number of nitrogens with zero attached hydrogens (tertiary/aromatic N) is 2. The number of thiophene rings is 1. The van der Waals surface area contributed by atoms with Gasteiger partial charge in [-0.25, -0.2) is 0 Å². The summed E-state index contributed by atoms with van der Waals surface area (Å²) in [4.78, 5) is 2.85. The Labute approximate surface area is 439 Å². The normalized spacial score (nSPS) is 20.3. The van der Waals surface area contributed by atoms with Crippen LogP contribution in [0.4, 0.5) is 22.7 Å². The van der Waals surface area contributed by atoms with E-state index in [1.54, 1.807) is 0 Å². The first-order chi connectivity index (χ1) is 35.3. The number of aromatic nitrogens is 1. The molecule has 2 aliphatic heterocycles. The summed E-state index contributed by atoms with van der Waals surface area (Å²) in [5.74, 6) is 0. The van der Waals surface area contributed by atoms with Gasteiger partial charge < -0.3 is 14.8 Å². The first-order valence-electron chi connectivity index (χ1n) is 28.2. The third-order valence-corrected chi connectivity index (χ3v) is 20.2. The van der Waals surface area contributed by atoms with E-state index in [0.29, 0.717) is 0 Å². The fourth-order valence-corrected chi connectivity index (χ4v) is 15.7. The van der Waals surface area contributed by atoms with E-state index in [4.69, 9.17) is 0 Å². The highest BCUT2D eigenvalue weighted by atomic mass is 32.1. The topological polar surface area (TPSA) is 20.2 Å². The number of aryl methyl sites for hydroxylation is 2. The summed E-state index contributed by atoms with van der Waals surface area (Å²) in [6.07, 6.45) is 16.9. The van der Waals surface area contributed by atoms with Crippen molar-refractivity contribution in [1.82, 2.24) is 4.57 Å². The molecule has 9 aromatic rings.